The first kappa shape index (κ1) is 27.9. The molecule has 1 nitrogen and oxygen atoms in total. The van der Waals surface area contributed by atoms with Crippen molar-refractivity contribution in [1.82, 2.24) is 0 Å². The molecule has 1 fully saturated rings. The zero-order chi connectivity index (χ0) is 30.5. The van der Waals surface area contributed by atoms with Crippen LogP contribution in [0.5, 0.6) is 5.75 Å². The molecule has 1 saturated carbocycles. The highest BCUT2D eigenvalue weighted by Gasteiger charge is 2.34. The van der Waals surface area contributed by atoms with Crippen LogP contribution in [-0.4, -0.2) is 15.4 Å². The Balaban J connectivity index is 0.931. The summed E-state index contributed by atoms with van der Waals surface area (Å²) in [5.74, 6) is 3.73. The van der Waals surface area contributed by atoms with E-state index in [0.29, 0.717) is 0 Å². The molecule has 0 radical (unpaired) electrons. The van der Waals surface area contributed by atoms with Gasteiger partial charge in [-0.3, -0.25) is 0 Å². The molecule has 0 amide bonds. The van der Waals surface area contributed by atoms with E-state index in [-0.39, 0.29) is 0 Å². The maximum Gasteiger partial charge on any atom is 0.119 e. The van der Waals surface area contributed by atoms with Crippen molar-refractivity contribution in [2.75, 3.05) is 6.61 Å². The average molecular weight is 613 g/mol. The largest absolute Gasteiger partial charge is 0.494 e. The van der Waals surface area contributed by atoms with Gasteiger partial charge in [0.1, 0.15) is 14.5 Å². The van der Waals surface area contributed by atoms with Gasteiger partial charge in [0.25, 0.3) is 0 Å². The van der Waals surface area contributed by atoms with Gasteiger partial charge in [0.15, 0.2) is 0 Å². The fourth-order valence-corrected chi connectivity index (χ4v) is 10.9. The van der Waals surface area contributed by atoms with Crippen molar-refractivity contribution in [3.05, 3.63) is 138 Å². The van der Waals surface area contributed by atoms with Crippen molar-refractivity contribution in [3.63, 3.8) is 0 Å². The lowest BCUT2D eigenvalue weighted by Crippen LogP contribution is -2.24. The molecule has 3 aliphatic rings. The molecule has 6 aromatic rings. The van der Waals surface area contributed by atoms with Crippen LogP contribution in [0.25, 0.3) is 48.7 Å². The molecule has 1 heterocycles. The van der Waals surface area contributed by atoms with E-state index in [4.69, 9.17) is 4.74 Å². The molecule has 0 saturated heterocycles. The Kier molecular flexibility index (Phi) is 7.12. The van der Waals surface area contributed by atoms with E-state index < -0.39 is 8.80 Å². The second-order valence-corrected chi connectivity index (χ2v) is 16.3. The molecule has 1 aliphatic heterocycles. The Bertz CT molecular complexity index is 2190. The lowest BCUT2D eigenvalue weighted by molar-refractivity contribution is 0.299. The predicted molar refractivity (Wildman–Crippen MR) is 200 cm³/mol. The molecule has 2 aliphatic carbocycles. The number of unbranched alkanes of at least 4 members (excludes halogenated alkanes) is 2. The van der Waals surface area contributed by atoms with Crippen LogP contribution in [0.3, 0.4) is 0 Å². The summed E-state index contributed by atoms with van der Waals surface area (Å²) in [6, 6.07) is 38.3. The summed E-state index contributed by atoms with van der Waals surface area (Å²) in [5, 5.41) is 12.0. The molecule has 2 bridgehead atoms. The van der Waals surface area contributed by atoms with Crippen molar-refractivity contribution in [1.29, 1.82) is 0 Å². The summed E-state index contributed by atoms with van der Waals surface area (Å²) in [7, 11) is -1.39. The predicted octanol–water partition coefficient (Wildman–Crippen LogP) is 10.6. The third-order valence-electron chi connectivity index (χ3n) is 11.0. The zero-order valence-electron chi connectivity index (χ0n) is 26.4. The van der Waals surface area contributed by atoms with E-state index in [0.717, 1.165) is 36.5 Å². The van der Waals surface area contributed by atoms with Gasteiger partial charge in [0, 0.05) is 0 Å². The third-order valence-corrected chi connectivity index (χ3v) is 13.5. The Morgan fingerprint density at radius 3 is 2.24 bits per heavy atom. The third kappa shape index (κ3) is 5.10. The number of hydrogen-bond donors (Lipinski definition) is 0. The van der Waals surface area contributed by atoms with Crippen molar-refractivity contribution in [3.8, 4) is 5.75 Å². The number of allylic oxidation sites excluding steroid dienone is 4. The minimum atomic E-state index is -1.39. The number of hydrogen-bond acceptors (Lipinski definition) is 1. The van der Waals surface area contributed by atoms with Crippen LogP contribution in [0.4, 0.5) is 0 Å². The van der Waals surface area contributed by atoms with Gasteiger partial charge in [-0.05, 0) is 128 Å². The monoisotopic (exact) mass is 612 g/mol. The molecule has 2 heteroatoms. The first-order valence-electron chi connectivity index (χ1n) is 17.4. The number of fused-ring (bicyclic) bond motifs is 7. The highest BCUT2D eigenvalue weighted by molar-refractivity contribution is 6.84. The van der Waals surface area contributed by atoms with Crippen molar-refractivity contribution in [2.45, 2.75) is 38.5 Å². The van der Waals surface area contributed by atoms with Gasteiger partial charge in [0.05, 0.1) is 6.61 Å². The molecule has 4 unspecified atom stereocenters. The first-order valence-corrected chi connectivity index (χ1v) is 19.3. The van der Waals surface area contributed by atoms with E-state index >= 15 is 0 Å². The second kappa shape index (κ2) is 11.8. The summed E-state index contributed by atoms with van der Waals surface area (Å²) in [6.07, 6.45) is 15.4. The molecule has 6 aromatic carbocycles. The second-order valence-electron chi connectivity index (χ2n) is 13.9. The van der Waals surface area contributed by atoms with E-state index in [1.54, 1.807) is 0 Å². The van der Waals surface area contributed by atoms with Gasteiger partial charge >= 0.3 is 0 Å². The van der Waals surface area contributed by atoms with E-state index in [1.807, 2.05) is 0 Å². The highest BCUT2D eigenvalue weighted by atomic mass is 28.3. The van der Waals surface area contributed by atoms with Crippen LogP contribution >= 0.6 is 0 Å². The van der Waals surface area contributed by atoms with Gasteiger partial charge in [-0.15, -0.1) is 0 Å². The summed E-state index contributed by atoms with van der Waals surface area (Å²) in [6.45, 7) is 0.819. The molecule has 4 atom stereocenters. The first-order chi connectivity index (χ1) is 22.8. The number of benzene rings is 6. The van der Waals surface area contributed by atoms with Crippen LogP contribution in [0, 0.1) is 17.8 Å². The molecule has 9 rings (SSSR count). The Hall–Kier alpha value is -4.40. The molecular weight excluding hydrogens is 573 g/mol. The number of ether oxygens (including phenoxy) is 1. The maximum absolute atomic E-state index is 6.16. The lowest BCUT2D eigenvalue weighted by atomic mass is 9.89. The van der Waals surface area contributed by atoms with E-state index in [9.17, 15) is 0 Å². The zero-order valence-corrected chi connectivity index (χ0v) is 27.5. The van der Waals surface area contributed by atoms with Crippen molar-refractivity contribution >= 4 is 62.6 Å². The molecule has 0 spiro atoms. The molecule has 0 aromatic heterocycles. The van der Waals surface area contributed by atoms with Crippen molar-refractivity contribution < 1.29 is 4.74 Å². The average Bonchev–Trinajstić information content (AvgIpc) is 3.87. The summed E-state index contributed by atoms with van der Waals surface area (Å²) >= 11 is 0. The quantitative estimate of drug-likeness (QED) is 0.0519. The van der Waals surface area contributed by atoms with Gasteiger partial charge in [0.2, 0.25) is 0 Å². The Morgan fingerprint density at radius 1 is 0.630 bits per heavy atom. The molecule has 46 heavy (non-hydrogen) atoms. The standard InChI is InChI=1S/C44H40OSi/c1(2-8-31-24-30-13-14-34(31)25-30)7-22-45-38-16-18-39(19-17-38)46-23-21-37(29-46)44-40-12-6-5-11-35(40)28-43-41(44)20-15-36-26-32-9-3-4-10-33(32)27-42(36)43/h3-6,9-21,23,26-31,34,46H,1-2,7-8,22,24-25H2. The summed E-state index contributed by atoms with van der Waals surface area (Å²) < 4.78 is 6.16. The number of rotatable bonds is 9. The van der Waals surface area contributed by atoms with Crippen molar-refractivity contribution in [2.24, 2.45) is 17.8 Å². The molecule has 0 N–H and O–H groups in total. The SMILES string of the molecule is C1=C[SiH](c2ccc(OCCCCCC3CC4C=CC3C4)cc2)C=C1c1c2ccccc2cc2c1ccc1cc3ccccc3cc12. The summed E-state index contributed by atoms with van der Waals surface area (Å²) in [5.41, 5.74) is 7.79. The fraction of sp³-hybridized carbons (Fsp3) is 0.227. The van der Waals surface area contributed by atoms with E-state index in [2.05, 4.69) is 133 Å². The lowest BCUT2D eigenvalue weighted by Gasteiger charge is -2.17. The fourth-order valence-electron chi connectivity index (χ4n) is 8.65. The smallest absolute Gasteiger partial charge is 0.119 e. The summed E-state index contributed by atoms with van der Waals surface area (Å²) in [4.78, 5) is 0. The Morgan fingerprint density at radius 2 is 1.41 bits per heavy atom. The van der Waals surface area contributed by atoms with Gasteiger partial charge < -0.3 is 4.74 Å². The van der Waals surface area contributed by atoms with Crippen LogP contribution in [0.2, 0.25) is 0 Å². The van der Waals surface area contributed by atoms with Crippen LogP contribution in [0.15, 0.2) is 133 Å². The minimum absolute atomic E-state index is 0.819. The highest BCUT2D eigenvalue weighted by Crippen LogP contribution is 2.45. The normalized spacial score (nSPS) is 21.7. The molecule has 226 valence electrons. The maximum atomic E-state index is 6.16. The van der Waals surface area contributed by atoms with Crippen LogP contribution in [-0.2, 0) is 0 Å². The van der Waals surface area contributed by atoms with Crippen LogP contribution < -0.4 is 9.92 Å². The van der Waals surface area contributed by atoms with Gasteiger partial charge in [-0.2, -0.15) is 0 Å². The molecular formula is C44H40OSi. The van der Waals surface area contributed by atoms with Crippen LogP contribution in [0.1, 0.15) is 44.1 Å². The Labute approximate surface area is 273 Å². The minimum Gasteiger partial charge on any atom is -0.494 e. The van der Waals surface area contributed by atoms with E-state index in [1.165, 1.54) is 91.5 Å². The van der Waals surface area contributed by atoms with Gasteiger partial charge in [-0.1, -0.05) is 120 Å². The topological polar surface area (TPSA) is 9.23 Å². The van der Waals surface area contributed by atoms with Gasteiger partial charge in [-0.25, -0.2) is 0 Å².